The van der Waals surface area contributed by atoms with E-state index in [1.165, 1.54) is 0 Å². The highest BCUT2D eigenvalue weighted by Gasteiger charge is 1.91. The van der Waals surface area contributed by atoms with E-state index in [2.05, 4.69) is 4.99 Å². The Morgan fingerprint density at radius 1 is 1.46 bits per heavy atom. The van der Waals surface area contributed by atoms with Crippen molar-refractivity contribution in [1.82, 2.24) is 0 Å². The van der Waals surface area contributed by atoms with Crippen LogP contribution in [0.1, 0.15) is 5.56 Å². The number of thiocyanates is 1. The van der Waals surface area contributed by atoms with Gasteiger partial charge >= 0.3 is 0 Å². The van der Waals surface area contributed by atoms with Crippen LogP contribution in [0.15, 0.2) is 35.3 Å². The lowest BCUT2D eigenvalue weighted by Crippen LogP contribution is -2.05. The maximum absolute atomic E-state index is 8.29. The largest absolute Gasteiger partial charge is 0.378 e. The number of thioether (sulfide) groups is 1. The topological polar surface area (TPSA) is 62.2 Å². The second-order valence-corrected chi connectivity index (χ2v) is 3.14. The number of hydrogen-bond acceptors (Lipinski definition) is 3. The van der Waals surface area contributed by atoms with Crippen molar-refractivity contribution in [3.8, 4) is 5.40 Å². The molecule has 0 aromatic heterocycles. The third-order valence-corrected chi connectivity index (χ3v) is 1.84. The minimum absolute atomic E-state index is 0.311. The third kappa shape index (κ3) is 3.63. The van der Waals surface area contributed by atoms with Gasteiger partial charge in [0.15, 0.2) is 5.17 Å². The average Bonchev–Trinajstić information content (AvgIpc) is 2.17. The van der Waals surface area contributed by atoms with E-state index < -0.39 is 0 Å². The number of aliphatic imine (C=N–C) groups is 1. The maximum atomic E-state index is 8.29. The molecule has 0 aliphatic carbocycles. The van der Waals surface area contributed by atoms with Gasteiger partial charge in [0.1, 0.15) is 5.40 Å². The molecular formula is C9H9N3S. The molecule has 0 atom stereocenters. The van der Waals surface area contributed by atoms with Gasteiger partial charge in [0.05, 0.1) is 6.54 Å². The van der Waals surface area contributed by atoms with Gasteiger partial charge < -0.3 is 5.73 Å². The summed E-state index contributed by atoms with van der Waals surface area (Å²) in [5.74, 6) is 0. The Balaban J connectivity index is 2.53. The van der Waals surface area contributed by atoms with Gasteiger partial charge in [0.25, 0.3) is 0 Å². The number of nitriles is 1. The lowest BCUT2D eigenvalue weighted by atomic mass is 10.2. The van der Waals surface area contributed by atoms with Gasteiger partial charge in [-0.05, 0) is 5.56 Å². The van der Waals surface area contributed by atoms with E-state index >= 15 is 0 Å². The molecule has 0 saturated carbocycles. The zero-order valence-electron chi connectivity index (χ0n) is 6.97. The predicted octanol–water partition coefficient (Wildman–Crippen LogP) is 1.72. The summed E-state index contributed by atoms with van der Waals surface area (Å²) in [5, 5.41) is 10.5. The molecule has 66 valence electrons. The summed E-state index contributed by atoms with van der Waals surface area (Å²) in [6.45, 7) is 0.529. The molecule has 0 radical (unpaired) electrons. The van der Waals surface area contributed by atoms with E-state index in [1.807, 2.05) is 35.7 Å². The molecule has 1 rings (SSSR count). The second-order valence-electron chi connectivity index (χ2n) is 2.33. The molecule has 0 unspecified atom stereocenters. The van der Waals surface area contributed by atoms with Gasteiger partial charge in [-0.15, -0.1) is 0 Å². The zero-order valence-corrected chi connectivity index (χ0v) is 7.79. The molecule has 0 aliphatic heterocycles. The fourth-order valence-electron chi connectivity index (χ4n) is 0.832. The molecule has 0 heterocycles. The highest BCUT2D eigenvalue weighted by Crippen LogP contribution is 2.02. The van der Waals surface area contributed by atoms with Crippen molar-refractivity contribution < 1.29 is 0 Å². The molecule has 13 heavy (non-hydrogen) atoms. The van der Waals surface area contributed by atoms with Crippen molar-refractivity contribution in [1.29, 1.82) is 5.26 Å². The van der Waals surface area contributed by atoms with E-state index in [4.69, 9.17) is 11.0 Å². The van der Waals surface area contributed by atoms with Crippen LogP contribution in [0.3, 0.4) is 0 Å². The molecule has 2 N–H and O–H groups in total. The van der Waals surface area contributed by atoms with Crippen LogP contribution < -0.4 is 5.73 Å². The van der Waals surface area contributed by atoms with Crippen molar-refractivity contribution in [2.24, 2.45) is 10.7 Å². The Hall–Kier alpha value is -1.47. The van der Waals surface area contributed by atoms with Crippen LogP contribution in [0.2, 0.25) is 0 Å². The maximum Gasteiger partial charge on any atom is 0.169 e. The molecule has 3 nitrogen and oxygen atoms in total. The first-order valence-electron chi connectivity index (χ1n) is 3.72. The van der Waals surface area contributed by atoms with Gasteiger partial charge in [-0.1, -0.05) is 30.3 Å². The Kier molecular flexibility index (Phi) is 3.86. The summed E-state index contributed by atoms with van der Waals surface area (Å²) >= 11 is 0.884. The van der Waals surface area contributed by atoms with E-state index in [9.17, 15) is 0 Å². The van der Waals surface area contributed by atoms with E-state index in [0.717, 1.165) is 17.3 Å². The number of nitrogens with zero attached hydrogens (tertiary/aromatic N) is 2. The first-order valence-corrected chi connectivity index (χ1v) is 4.54. The lowest BCUT2D eigenvalue weighted by Gasteiger charge is -1.95. The molecule has 0 bridgehead atoms. The molecule has 1 aromatic rings. The van der Waals surface area contributed by atoms with Crippen LogP contribution in [-0.4, -0.2) is 5.17 Å². The smallest absolute Gasteiger partial charge is 0.169 e. The van der Waals surface area contributed by atoms with Crippen LogP contribution in [0.25, 0.3) is 0 Å². The van der Waals surface area contributed by atoms with Crippen molar-refractivity contribution in [2.45, 2.75) is 6.54 Å². The van der Waals surface area contributed by atoms with Gasteiger partial charge in [-0.2, -0.15) is 5.26 Å². The minimum atomic E-state index is 0.311. The standard InChI is InChI=1S/C9H9N3S/c10-7-13-9(11)12-6-8-4-2-1-3-5-8/h1-5H,6H2,(H2,11,12). The van der Waals surface area contributed by atoms with E-state index in [0.29, 0.717) is 11.7 Å². The number of amidine groups is 1. The molecule has 0 saturated heterocycles. The zero-order chi connectivity index (χ0) is 9.52. The van der Waals surface area contributed by atoms with Crippen molar-refractivity contribution in [3.05, 3.63) is 35.9 Å². The SMILES string of the molecule is N#CSC(N)=NCc1ccccc1. The minimum Gasteiger partial charge on any atom is -0.378 e. The normalized spacial score (nSPS) is 10.8. The average molecular weight is 191 g/mol. The summed E-state index contributed by atoms with van der Waals surface area (Å²) in [7, 11) is 0. The van der Waals surface area contributed by atoms with Crippen LogP contribution >= 0.6 is 11.8 Å². The predicted molar refractivity (Wildman–Crippen MR) is 55.0 cm³/mol. The third-order valence-electron chi connectivity index (χ3n) is 1.41. The Morgan fingerprint density at radius 3 is 2.77 bits per heavy atom. The van der Waals surface area contributed by atoms with Gasteiger partial charge in [0, 0.05) is 11.8 Å². The Labute approximate surface area is 81.3 Å². The van der Waals surface area contributed by atoms with Gasteiger partial charge in [-0.25, -0.2) is 0 Å². The number of nitrogens with two attached hydrogens (primary N) is 1. The molecular weight excluding hydrogens is 182 g/mol. The summed E-state index contributed by atoms with van der Waals surface area (Å²) in [6, 6.07) is 9.76. The summed E-state index contributed by atoms with van der Waals surface area (Å²) in [4.78, 5) is 4.02. The van der Waals surface area contributed by atoms with E-state index in [1.54, 1.807) is 0 Å². The van der Waals surface area contributed by atoms with Crippen LogP contribution in [0.5, 0.6) is 0 Å². The summed E-state index contributed by atoms with van der Waals surface area (Å²) in [6.07, 6.45) is 0. The monoisotopic (exact) mass is 191 g/mol. The van der Waals surface area contributed by atoms with Crippen LogP contribution in [0, 0.1) is 10.7 Å². The highest BCUT2D eigenvalue weighted by molar-refractivity contribution is 8.17. The van der Waals surface area contributed by atoms with Gasteiger partial charge in [-0.3, -0.25) is 4.99 Å². The number of hydrogen-bond donors (Lipinski definition) is 1. The Morgan fingerprint density at radius 2 is 2.15 bits per heavy atom. The van der Waals surface area contributed by atoms with Crippen LogP contribution in [-0.2, 0) is 6.54 Å². The first kappa shape index (κ1) is 9.62. The quantitative estimate of drug-likeness (QED) is 0.440. The van der Waals surface area contributed by atoms with Crippen molar-refractivity contribution in [2.75, 3.05) is 0 Å². The van der Waals surface area contributed by atoms with Crippen LogP contribution in [0.4, 0.5) is 0 Å². The fourth-order valence-corrected chi connectivity index (χ4v) is 1.05. The van der Waals surface area contributed by atoms with Crippen molar-refractivity contribution >= 4 is 16.9 Å². The van der Waals surface area contributed by atoms with Crippen molar-refractivity contribution in [3.63, 3.8) is 0 Å². The highest BCUT2D eigenvalue weighted by atomic mass is 32.2. The summed E-state index contributed by atoms with van der Waals surface area (Å²) < 4.78 is 0. The molecule has 0 aliphatic rings. The number of benzene rings is 1. The molecule has 0 spiro atoms. The molecule has 0 fully saturated rings. The summed E-state index contributed by atoms with van der Waals surface area (Å²) in [5.41, 5.74) is 6.51. The lowest BCUT2D eigenvalue weighted by molar-refractivity contribution is 1.07. The van der Waals surface area contributed by atoms with Gasteiger partial charge in [0.2, 0.25) is 0 Å². The van der Waals surface area contributed by atoms with E-state index in [-0.39, 0.29) is 0 Å². The Bertz CT molecular complexity index is 326. The second kappa shape index (κ2) is 5.22. The molecule has 1 aromatic carbocycles. The molecule has 0 amide bonds. The fraction of sp³-hybridized carbons (Fsp3) is 0.111. The molecule has 4 heteroatoms. The first-order chi connectivity index (χ1) is 6.33. The number of rotatable bonds is 2.